The van der Waals surface area contributed by atoms with Gasteiger partial charge in [0, 0.05) is 19.5 Å². The second-order valence-corrected chi connectivity index (χ2v) is 19.2. The molecule has 17 N–H and O–H groups in total. The molecule has 10 amide bonds. The van der Waals surface area contributed by atoms with Crippen LogP contribution in [0.15, 0.2) is 0 Å². The molecule has 0 bridgehead atoms. The minimum absolute atomic E-state index is 0.00855. The average molecular weight is 1030 g/mol. The van der Waals surface area contributed by atoms with Crippen molar-refractivity contribution >= 4 is 76.8 Å². The lowest BCUT2D eigenvalue weighted by Crippen LogP contribution is -2.60. The Morgan fingerprint density at radius 2 is 1.17 bits per heavy atom. The molecule has 2 rings (SSSR count). The van der Waals surface area contributed by atoms with Crippen molar-refractivity contribution in [3.05, 3.63) is 0 Å². The molecule has 2 aliphatic rings. The number of carbonyl (C=O) groups is 11. The number of primary amides is 2. The maximum absolute atomic E-state index is 14.4. The summed E-state index contributed by atoms with van der Waals surface area (Å²) in [7, 11) is 0. The molecule has 0 spiro atoms. The Hall–Kier alpha value is -5.60. The van der Waals surface area contributed by atoms with E-state index in [0.717, 1.165) is 0 Å². The Morgan fingerprint density at radius 1 is 0.634 bits per heavy atom. The fourth-order valence-corrected chi connectivity index (χ4v) is 8.74. The maximum Gasteiger partial charge on any atom is 0.326 e. The first-order valence-corrected chi connectivity index (χ1v) is 25.9. The van der Waals surface area contributed by atoms with E-state index in [2.05, 4.69) is 31.9 Å². The molecule has 10 atom stereocenters. The van der Waals surface area contributed by atoms with Crippen LogP contribution in [0, 0.1) is 5.92 Å². The number of hydrogen-bond acceptors (Lipinski definition) is 15. The van der Waals surface area contributed by atoms with Crippen LogP contribution in [-0.2, 0) is 52.7 Å². The van der Waals surface area contributed by atoms with Crippen molar-refractivity contribution in [3.63, 3.8) is 0 Å². The Bertz CT molecular complexity index is 1860. The molecular weight excluding hydrogens is 947 g/mol. The molecular formula is C45H79N13O12S. The van der Waals surface area contributed by atoms with E-state index in [1.54, 1.807) is 6.92 Å². The number of unbranched alkanes of at least 4 members (excludes halogenated alkanes) is 2. The maximum atomic E-state index is 14.4. The Labute approximate surface area is 419 Å². The fourth-order valence-electron chi connectivity index (χ4n) is 8.25. The molecule has 0 radical (unpaired) electrons. The summed E-state index contributed by atoms with van der Waals surface area (Å²) in [4.78, 5) is 148. The van der Waals surface area contributed by atoms with E-state index in [1.165, 1.54) is 28.5 Å². The van der Waals surface area contributed by atoms with Gasteiger partial charge in [0.25, 0.3) is 0 Å². The zero-order chi connectivity index (χ0) is 53.4. The quantitative estimate of drug-likeness (QED) is 0.0284. The van der Waals surface area contributed by atoms with Gasteiger partial charge in [-0.3, -0.25) is 47.9 Å². The number of nitrogens with two attached hydrogens (primary N) is 5. The standard InChI is InChI=1S/C45H79N13O12S/c1-5-25(2)36(56-37(61)26(3)51-38(62)27(48)18-23-71-4)44(68)58-22-11-15-33(58)43(67)57-21-10-14-32(57)42(66)53-29(13-7-9-20-47)39(63)52-28(12-6-8-19-46)40(64)55-31(24-35(50)60)41(65)54-30(45(69)70)16-17-34(49)59/h25-33,36H,5-24,46-48H2,1-4H3,(H2,49,59)(H2,50,60)(H,51,62)(H,52,63)(H,53,66)(H,54,65)(H,55,64)(H,56,61)(H,69,70). The van der Waals surface area contributed by atoms with Gasteiger partial charge in [0.1, 0.15) is 48.3 Å². The van der Waals surface area contributed by atoms with Crippen LogP contribution in [-0.4, -0.2) is 173 Å². The highest BCUT2D eigenvalue weighted by molar-refractivity contribution is 7.98. The lowest BCUT2D eigenvalue weighted by atomic mass is 9.97. The summed E-state index contributed by atoms with van der Waals surface area (Å²) < 4.78 is 0. The minimum Gasteiger partial charge on any atom is -0.480 e. The van der Waals surface area contributed by atoms with Crippen molar-refractivity contribution in [2.45, 2.75) is 171 Å². The summed E-state index contributed by atoms with van der Waals surface area (Å²) in [5, 5.41) is 24.9. The van der Waals surface area contributed by atoms with Gasteiger partial charge in [0.05, 0.1) is 12.5 Å². The monoisotopic (exact) mass is 1030 g/mol. The van der Waals surface area contributed by atoms with Gasteiger partial charge in [0.2, 0.25) is 59.1 Å². The predicted molar refractivity (Wildman–Crippen MR) is 263 cm³/mol. The van der Waals surface area contributed by atoms with Gasteiger partial charge in [-0.1, -0.05) is 20.3 Å². The highest BCUT2D eigenvalue weighted by Gasteiger charge is 2.45. The highest BCUT2D eigenvalue weighted by Crippen LogP contribution is 2.27. The van der Waals surface area contributed by atoms with E-state index in [4.69, 9.17) is 28.7 Å². The summed E-state index contributed by atoms with van der Waals surface area (Å²) >= 11 is 1.53. The normalized spacial score (nSPS) is 18.9. The minimum atomic E-state index is -1.69. The SMILES string of the molecule is CCC(C)C(NC(=O)C(C)NC(=O)C(N)CCSC)C(=O)N1CCCC1C(=O)N1CCCC1C(=O)NC(CCCCN)C(=O)NC(CCCCN)C(=O)NC(CC(N)=O)C(=O)NC(CCC(N)=O)C(=O)O. The Kier molecular flexibility index (Phi) is 27.4. The topological polar surface area (TPSA) is 417 Å². The first-order valence-electron chi connectivity index (χ1n) is 24.5. The number of likely N-dealkylation sites (tertiary alicyclic amines) is 2. The molecule has 0 aromatic rings. The smallest absolute Gasteiger partial charge is 0.326 e. The molecule has 0 aromatic carbocycles. The molecule has 25 nitrogen and oxygen atoms in total. The molecule has 0 aliphatic carbocycles. The van der Waals surface area contributed by atoms with Crippen LogP contribution in [0.4, 0.5) is 0 Å². The molecule has 402 valence electrons. The van der Waals surface area contributed by atoms with Gasteiger partial charge >= 0.3 is 5.97 Å². The summed E-state index contributed by atoms with van der Waals surface area (Å²) in [5.74, 6) is -8.59. The first kappa shape index (κ1) is 61.5. The lowest BCUT2D eigenvalue weighted by molar-refractivity contribution is -0.148. The molecule has 2 saturated heterocycles. The molecule has 71 heavy (non-hydrogen) atoms. The van der Waals surface area contributed by atoms with Crippen molar-refractivity contribution in [2.24, 2.45) is 34.6 Å². The van der Waals surface area contributed by atoms with Crippen LogP contribution in [0.1, 0.15) is 117 Å². The van der Waals surface area contributed by atoms with Gasteiger partial charge in [-0.15, -0.1) is 0 Å². The van der Waals surface area contributed by atoms with E-state index in [9.17, 15) is 57.8 Å². The van der Waals surface area contributed by atoms with Gasteiger partial charge < -0.3 is 75.5 Å². The van der Waals surface area contributed by atoms with Crippen LogP contribution in [0.3, 0.4) is 0 Å². The molecule has 0 saturated carbocycles. The van der Waals surface area contributed by atoms with E-state index < -0.39 is 132 Å². The first-order chi connectivity index (χ1) is 33.6. The molecule has 2 heterocycles. The van der Waals surface area contributed by atoms with Gasteiger partial charge in [0.15, 0.2) is 0 Å². The number of carboxylic acid groups (broad SMARTS) is 1. The average Bonchev–Trinajstić information content (AvgIpc) is 4.03. The van der Waals surface area contributed by atoms with Crippen LogP contribution in [0.25, 0.3) is 0 Å². The van der Waals surface area contributed by atoms with Crippen molar-refractivity contribution in [2.75, 3.05) is 38.2 Å². The van der Waals surface area contributed by atoms with Gasteiger partial charge in [-0.2, -0.15) is 11.8 Å². The number of carbonyl (C=O) groups excluding carboxylic acids is 10. The number of amides is 10. The van der Waals surface area contributed by atoms with Crippen LogP contribution < -0.4 is 60.6 Å². The summed E-state index contributed by atoms with van der Waals surface area (Å²) in [6.45, 7) is 6.05. The number of thioether (sulfide) groups is 1. The van der Waals surface area contributed by atoms with Crippen molar-refractivity contribution in [1.29, 1.82) is 0 Å². The number of nitrogens with zero attached hydrogens (tertiary/aromatic N) is 2. The second kappa shape index (κ2) is 31.7. The number of hydrogen-bond donors (Lipinski definition) is 12. The number of rotatable bonds is 33. The predicted octanol–water partition coefficient (Wildman–Crippen LogP) is -3.49. The van der Waals surface area contributed by atoms with E-state index in [-0.39, 0.29) is 57.8 Å². The molecule has 10 unspecified atom stereocenters. The number of carboxylic acids is 1. The van der Waals surface area contributed by atoms with Crippen LogP contribution in [0.2, 0.25) is 0 Å². The largest absolute Gasteiger partial charge is 0.480 e. The van der Waals surface area contributed by atoms with E-state index in [0.29, 0.717) is 63.5 Å². The van der Waals surface area contributed by atoms with Crippen molar-refractivity contribution in [3.8, 4) is 0 Å². The van der Waals surface area contributed by atoms with Crippen molar-refractivity contribution < 1.29 is 57.8 Å². The molecule has 0 aromatic heterocycles. The van der Waals surface area contributed by atoms with Crippen LogP contribution in [0.5, 0.6) is 0 Å². The third kappa shape index (κ3) is 20.2. The van der Waals surface area contributed by atoms with Crippen molar-refractivity contribution in [1.82, 2.24) is 41.7 Å². The molecule has 26 heteroatoms. The third-order valence-corrected chi connectivity index (χ3v) is 13.3. The van der Waals surface area contributed by atoms with E-state index in [1.807, 2.05) is 13.2 Å². The van der Waals surface area contributed by atoms with Gasteiger partial charge in [-0.25, -0.2) is 4.79 Å². The summed E-state index contributed by atoms with van der Waals surface area (Å²) in [6, 6.07) is -10.7. The Balaban J connectivity index is 2.31. The third-order valence-electron chi connectivity index (χ3n) is 12.7. The zero-order valence-electron chi connectivity index (χ0n) is 41.5. The fraction of sp³-hybridized carbons (Fsp3) is 0.756. The van der Waals surface area contributed by atoms with E-state index >= 15 is 0 Å². The zero-order valence-corrected chi connectivity index (χ0v) is 42.4. The highest BCUT2D eigenvalue weighted by atomic mass is 32.2. The number of aliphatic carboxylic acids is 1. The number of nitrogens with one attached hydrogen (secondary N) is 6. The summed E-state index contributed by atoms with van der Waals surface area (Å²) in [5.41, 5.74) is 27.9. The lowest BCUT2D eigenvalue weighted by Gasteiger charge is -2.35. The van der Waals surface area contributed by atoms with Gasteiger partial charge in [-0.05, 0) is 115 Å². The van der Waals surface area contributed by atoms with Crippen LogP contribution >= 0.6 is 11.8 Å². The summed E-state index contributed by atoms with van der Waals surface area (Å²) in [6.07, 6.45) is 4.37. The molecule has 2 aliphatic heterocycles. The Morgan fingerprint density at radius 3 is 1.70 bits per heavy atom. The molecule has 2 fully saturated rings. The second-order valence-electron chi connectivity index (χ2n) is 18.2.